The van der Waals surface area contributed by atoms with E-state index in [-0.39, 0.29) is 6.10 Å². The Bertz CT molecular complexity index is 87.3. The number of piperidine rings is 1. The van der Waals surface area contributed by atoms with Gasteiger partial charge in [0, 0.05) is 6.04 Å². The summed E-state index contributed by atoms with van der Waals surface area (Å²) in [5, 5.41) is 12.5. The normalized spacial score (nSPS) is 30.0. The minimum absolute atomic E-state index is 0.143. The average molecular weight is 143 g/mol. The number of hydrogen-bond donors (Lipinski definition) is 2. The first-order chi connectivity index (χ1) is 4.79. The summed E-state index contributed by atoms with van der Waals surface area (Å²) in [7, 11) is 0. The number of hydrogen-bond acceptors (Lipinski definition) is 2. The lowest BCUT2D eigenvalue weighted by Crippen LogP contribution is -2.36. The van der Waals surface area contributed by atoms with Crippen molar-refractivity contribution in [2.75, 3.05) is 6.54 Å². The molecule has 1 aliphatic heterocycles. The van der Waals surface area contributed by atoms with Crippen molar-refractivity contribution in [2.45, 2.75) is 44.8 Å². The summed E-state index contributed by atoms with van der Waals surface area (Å²) in [6, 6.07) is 0.578. The van der Waals surface area contributed by atoms with Gasteiger partial charge in [0.25, 0.3) is 0 Å². The van der Waals surface area contributed by atoms with Crippen molar-refractivity contribution in [3.8, 4) is 0 Å². The number of nitrogens with one attached hydrogen (secondary N) is 1. The molecule has 2 nitrogen and oxygen atoms in total. The first kappa shape index (κ1) is 8.02. The molecule has 2 unspecified atom stereocenters. The number of rotatable bonds is 2. The largest absolute Gasteiger partial charge is 0.393 e. The highest BCUT2D eigenvalue weighted by molar-refractivity contribution is 4.73. The van der Waals surface area contributed by atoms with Gasteiger partial charge in [-0.2, -0.15) is 0 Å². The quantitative estimate of drug-likeness (QED) is 0.602. The smallest absolute Gasteiger partial charge is 0.0526 e. The van der Waals surface area contributed by atoms with Crippen LogP contribution in [0, 0.1) is 0 Å². The minimum Gasteiger partial charge on any atom is -0.393 e. The zero-order valence-electron chi connectivity index (χ0n) is 6.64. The second-order valence-corrected chi connectivity index (χ2v) is 3.23. The first-order valence-corrected chi connectivity index (χ1v) is 4.20. The molecule has 0 spiro atoms. The Morgan fingerprint density at radius 2 is 2.40 bits per heavy atom. The van der Waals surface area contributed by atoms with Crippen LogP contribution in [0.1, 0.15) is 32.6 Å². The first-order valence-electron chi connectivity index (χ1n) is 4.20. The lowest BCUT2D eigenvalue weighted by molar-refractivity contribution is 0.160. The molecular formula is C8H17NO. The van der Waals surface area contributed by atoms with Gasteiger partial charge in [-0.15, -0.1) is 0 Å². The molecule has 0 amide bonds. The molecule has 1 rings (SSSR count). The van der Waals surface area contributed by atoms with E-state index in [9.17, 15) is 0 Å². The highest BCUT2D eigenvalue weighted by atomic mass is 16.3. The summed E-state index contributed by atoms with van der Waals surface area (Å²) >= 11 is 0. The fourth-order valence-electron chi connectivity index (χ4n) is 1.54. The van der Waals surface area contributed by atoms with Crippen LogP contribution in [0.5, 0.6) is 0 Å². The van der Waals surface area contributed by atoms with E-state index in [1.165, 1.54) is 19.3 Å². The number of aliphatic hydroxyl groups excluding tert-OH is 1. The summed E-state index contributed by atoms with van der Waals surface area (Å²) in [6.45, 7) is 2.99. The van der Waals surface area contributed by atoms with Crippen LogP contribution in [0.25, 0.3) is 0 Å². The van der Waals surface area contributed by atoms with E-state index in [0.717, 1.165) is 13.0 Å². The van der Waals surface area contributed by atoms with Gasteiger partial charge in [-0.05, 0) is 32.7 Å². The van der Waals surface area contributed by atoms with Gasteiger partial charge < -0.3 is 10.4 Å². The Balaban J connectivity index is 2.13. The van der Waals surface area contributed by atoms with Crippen LogP contribution in [0.3, 0.4) is 0 Å². The molecule has 1 heterocycles. The summed E-state index contributed by atoms with van der Waals surface area (Å²) in [5.74, 6) is 0. The topological polar surface area (TPSA) is 32.3 Å². The predicted molar refractivity (Wildman–Crippen MR) is 41.9 cm³/mol. The lowest BCUT2D eigenvalue weighted by Gasteiger charge is -2.24. The summed E-state index contributed by atoms with van der Waals surface area (Å²) < 4.78 is 0. The minimum atomic E-state index is -0.143. The third-order valence-electron chi connectivity index (χ3n) is 2.04. The van der Waals surface area contributed by atoms with E-state index in [2.05, 4.69) is 5.32 Å². The average Bonchev–Trinajstić information content (AvgIpc) is 1.88. The fraction of sp³-hybridized carbons (Fsp3) is 1.00. The van der Waals surface area contributed by atoms with Crippen LogP contribution < -0.4 is 5.32 Å². The van der Waals surface area contributed by atoms with Crippen LogP contribution in [-0.2, 0) is 0 Å². The van der Waals surface area contributed by atoms with Gasteiger partial charge in [-0.3, -0.25) is 0 Å². The molecule has 60 valence electrons. The second-order valence-electron chi connectivity index (χ2n) is 3.23. The van der Waals surface area contributed by atoms with Crippen LogP contribution in [0.2, 0.25) is 0 Å². The molecular weight excluding hydrogens is 126 g/mol. The Kier molecular flexibility index (Phi) is 3.16. The molecule has 0 aromatic carbocycles. The van der Waals surface area contributed by atoms with Gasteiger partial charge in [0.05, 0.1) is 6.10 Å². The van der Waals surface area contributed by atoms with Gasteiger partial charge >= 0.3 is 0 Å². The van der Waals surface area contributed by atoms with E-state index in [1.54, 1.807) is 0 Å². The molecule has 1 aliphatic rings. The molecule has 0 aliphatic carbocycles. The van der Waals surface area contributed by atoms with Crippen LogP contribution in [-0.4, -0.2) is 23.8 Å². The number of aliphatic hydroxyl groups is 1. The molecule has 0 saturated carbocycles. The fourth-order valence-corrected chi connectivity index (χ4v) is 1.54. The highest BCUT2D eigenvalue weighted by Crippen LogP contribution is 2.11. The molecule has 10 heavy (non-hydrogen) atoms. The summed E-state index contributed by atoms with van der Waals surface area (Å²) in [4.78, 5) is 0. The highest BCUT2D eigenvalue weighted by Gasteiger charge is 2.13. The zero-order valence-corrected chi connectivity index (χ0v) is 6.64. The second kappa shape index (κ2) is 3.94. The molecule has 0 bridgehead atoms. The summed E-state index contributed by atoms with van der Waals surface area (Å²) in [5.41, 5.74) is 0. The Labute approximate surface area is 62.6 Å². The van der Waals surface area contributed by atoms with E-state index in [0.29, 0.717) is 6.04 Å². The van der Waals surface area contributed by atoms with E-state index >= 15 is 0 Å². The van der Waals surface area contributed by atoms with Gasteiger partial charge in [-0.25, -0.2) is 0 Å². The van der Waals surface area contributed by atoms with Crippen molar-refractivity contribution in [2.24, 2.45) is 0 Å². The van der Waals surface area contributed by atoms with E-state index in [1.807, 2.05) is 6.92 Å². The van der Waals surface area contributed by atoms with Gasteiger partial charge in [0.15, 0.2) is 0 Å². The molecule has 2 N–H and O–H groups in total. The zero-order chi connectivity index (χ0) is 7.40. The van der Waals surface area contributed by atoms with Gasteiger partial charge in [-0.1, -0.05) is 6.42 Å². The standard InChI is InChI=1S/C8H17NO/c1-7(10)6-8-4-2-3-5-9-8/h7-10H,2-6H2,1H3. The molecule has 2 heteroatoms. The third kappa shape index (κ3) is 2.67. The molecule has 0 aromatic heterocycles. The maximum absolute atomic E-state index is 9.06. The Morgan fingerprint density at radius 3 is 2.90 bits per heavy atom. The Morgan fingerprint density at radius 1 is 1.60 bits per heavy atom. The van der Waals surface area contributed by atoms with Crippen molar-refractivity contribution < 1.29 is 5.11 Å². The molecule has 1 saturated heterocycles. The molecule has 0 radical (unpaired) electrons. The van der Waals surface area contributed by atoms with Crippen molar-refractivity contribution in [3.05, 3.63) is 0 Å². The maximum atomic E-state index is 9.06. The maximum Gasteiger partial charge on any atom is 0.0526 e. The van der Waals surface area contributed by atoms with Crippen molar-refractivity contribution in [1.82, 2.24) is 5.32 Å². The van der Waals surface area contributed by atoms with E-state index < -0.39 is 0 Å². The van der Waals surface area contributed by atoms with Crippen molar-refractivity contribution >= 4 is 0 Å². The van der Waals surface area contributed by atoms with Crippen LogP contribution >= 0.6 is 0 Å². The predicted octanol–water partition coefficient (Wildman–Crippen LogP) is 0.899. The van der Waals surface area contributed by atoms with E-state index in [4.69, 9.17) is 5.11 Å². The third-order valence-corrected chi connectivity index (χ3v) is 2.04. The van der Waals surface area contributed by atoms with Crippen molar-refractivity contribution in [1.29, 1.82) is 0 Å². The molecule has 1 fully saturated rings. The van der Waals surface area contributed by atoms with Crippen LogP contribution in [0.4, 0.5) is 0 Å². The molecule has 0 aromatic rings. The molecule has 2 atom stereocenters. The summed E-state index contributed by atoms with van der Waals surface area (Å²) in [6.07, 6.45) is 4.64. The van der Waals surface area contributed by atoms with Crippen molar-refractivity contribution in [3.63, 3.8) is 0 Å². The van der Waals surface area contributed by atoms with Crippen LogP contribution in [0.15, 0.2) is 0 Å². The Hall–Kier alpha value is -0.0800. The lowest BCUT2D eigenvalue weighted by atomic mass is 10.00. The SMILES string of the molecule is CC(O)CC1CCCCN1. The monoisotopic (exact) mass is 143 g/mol. The van der Waals surface area contributed by atoms with Gasteiger partial charge in [0.2, 0.25) is 0 Å². The van der Waals surface area contributed by atoms with Gasteiger partial charge in [0.1, 0.15) is 0 Å².